The number of methoxy groups -OCH3 is 1. The summed E-state index contributed by atoms with van der Waals surface area (Å²) in [4.78, 5) is 30.2. The molecule has 1 amide bonds. The van der Waals surface area contributed by atoms with Gasteiger partial charge in [-0.25, -0.2) is 9.97 Å². The number of hydrogen-bond acceptors (Lipinski definition) is 9. The number of rotatable bonds is 8. The highest BCUT2D eigenvalue weighted by Gasteiger charge is 2.22. The van der Waals surface area contributed by atoms with E-state index in [2.05, 4.69) is 67.5 Å². The molecule has 0 aliphatic carbocycles. The molecule has 1 atom stereocenters. The van der Waals surface area contributed by atoms with Crippen LogP contribution in [0.2, 0.25) is 0 Å². The Morgan fingerprint density at radius 3 is 2.58 bits per heavy atom. The summed E-state index contributed by atoms with van der Waals surface area (Å²) < 4.78 is 5.87. The van der Waals surface area contributed by atoms with Crippen molar-refractivity contribution in [3.63, 3.8) is 0 Å². The maximum absolute atomic E-state index is 11.9. The van der Waals surface area contributed by atoms with Crippen molar-refractivity contribution in [2.75, 3.05) is 50.6 Å². The molecule has 1 unspecified atom stereocenters. The average molecular weight is 506 g/mol. The summed E-state index contributed by atoms with van der Waals surface area (Å²) in [6.07, 6.45) is 5.60. The fourth-order valence-corrected chi connectivity index (χ4v) is 4.58. The molecule has 2 aromatic carbocycles. The van der Waals surface area contributed by atoms with E-state index in [4.69, 9.17) is 10.5 Å². The van der Waals surface area contributed by atoms with Gasteiger partial charge < -0.3 is 20.3 Å². The number of benzene rings is 2. The molecule has 1 aliphatic rings. The van der Waals surface area contributed by atoms with Gasteiger partial charge in [0.05, 0.1) is 18.8 Å². The van der Waals surface area contributed by atoms with Gasteiger partial charge in [-0.1, -0.05) is 42.5 Å². The number of nitrogens with one attached hydrogen (secondary N) is 1. The fraction of sp³-hybridized carbons (Fsp3) is 0.308. The van der Waals surface area contributed by atoms with E-state index in [1.54, 1.807) is 14.0 Å². The lowest BCUT2D eigenvalue weighted by Gasteiger charge is -2.35. The van der Waals surface area contributed by atoms with Crippen molar-refractivity contribution in [2.45, 2.75) is 23.0 Å². The number of likely N-dealkylation sites (N-methyl/N-ethyl adjacent to an activating group) is 1. The number of ether oxygens (including phenoxy) is 1. The molecule has 1 aliphatic heterocycles. The van der Waals surface area contributed by atoms with Crippen LogP contribution in [0.15, 0.2) is 58.8 Å². The summed E-state index contributed by atoms with van der Waals surface area (Å²) in [6, 6.07) is 13.7. The van der Waals surface area contributed by atoms with E-state index in [-0.39, 0.29) is 11.9 Å². The zero-order chi connectivity index (χ0) is 25.5. The third-order valence-electron chi connectivity index (χ3n) is 5.78. The number of carbonyl (C=O) groups excluding carboxylic acids is 1. The average Bonchev–Trinajstić information content (AvgIpc) is 2.88. The van der Waals surface area contributed by atoms with E-state index in [9.17, 15) is 4.79 Å². The first-order valence-electron chi connectivity index (χ1n) is 11.7. The number of amides is 1. The molecule has 1 fully saturated rings. The molecule has 1 aromatic heterocycles. The van der Waals surface area contributed by atoms with Crippen LogP contribution >= 0.6 is 11.8 Å². The van der Waals surface area contributed by atoms with Gasteiger partial charge in [-0.15, -0.1) is 0 Å². The second-order valence-electron chi connectivity index (χ2n) is 8.57. The SMILES string of the molecule is COc1cc(Sc2ncnc(NC(=O)C(C)N)n2)cc(C=Cc2ccccc2)c1N1CCN(C)CC1. The third kappa shape index (κ3) is 6.60. The van der Waals surface area contributed by atoms with E-state index < -0.39 is 6.04 Å². The molecule has 36 heavy (non-hydrogen) atoms. The van der Waals surface area contributed by atoms with Crippen LogP contribution < -0.4 is 20.7 Å². The Bertz CT molecular complexity index is 1210. The van der Waals surface area contributed by atoms with Gasteiger partial charge in [0.25, 0.3) is 0 Å². The van der Waals surface area contributed by atoms with Crippen LogP contribution in [0, 0.1) is 0 Å². The number of nitrogens with zero attached hydrogens (tertiary/aromatic N) is 5. The van der Waals surface area contributed by atoms with Crippen molar-refractivity contribution in [3.8, 4) is 5.75 Å². The predicted octanol–water partition coefficient (Wildman–Crippen LogP) is 3.24. The van der Waals surface area contributed by atoms with Gasteiger partial charge >= 0.3 is 0 Å². The second kappa shape index (κ2) is 12.0. The third-order valence-corrected chi connectivity index (χ3v) is 6.63. The van der Waals surface area contributed by atoms with Crippen molar-refractivity contribution in [2.24, 2.45) is 5.73 Å². The van der Waals surface area contributed by atoms with Gasteiger partial charge in [-0.05, 0) is 43.4 Å². The Morgan fingerprint density at radius 1 is 1.14 bits per heavy atom. The van der Waals surface area contributed by atoms with E-state index in [1.165, 1.54) is 18.1 Å². The molecular weight excluding hydrogens is 474 g/mol. The number of hydrogen-bond donors (Lipinski definition) is 2. The molecule has 3 N–H and O–H groups in total. The smallest absolute Gasteiger partial charge is 0.243 e. The molecule has 10 heteroatoms. The summed E-state index contributed by atoms with van der Waals surface area (Å²) in [5, 5.41) is 3.07. The monoisotopic (exact) mass is 505 g/mol. The summed E-state index contributed by atoms with van der Waals surface area (Å²) >= 11 is 1.37. The minimum atomic E-state index is -0.664. The summed E-state index contributed by atoms with van der Waals surface area (Å²) in [6.45, 7) is 5.42. The molecule has 0 radical (unpaired) electrons. The van der Waals surface area contributed by atoms with Crippen LogP contribution in [0.5, 0.6) is 5.75 Å². The summed E-state index contributed by atoms with van der Waals surface area (Å²) in [5.41, 5.74) is 8.87. The standard InChI is InChI=1S/C26H31N7O2S/c1-18(27)24(34)30-25-28-17-29-26(31-25)36-21-15-20(10-9-19-7-5-4-6-8-19)23(22(16-21)35-3)33-13-11-32(2)12-14-33/h4-10,15-18H,11-14,27H2,1-3H3,(H,28,29,30,31,34). The van der Waals surface area contributed by atoms with Gasteiger partial charge in [0.1, 0.15) is 12.1 Å². The second-order valence-corrected chi connectivity index (χ2v) is 9.61. The molecule has 0 bridgehead atoms. The van der Waals surface area contributed by atoms with Crippen molar-refractivity contribution in [1.82, 2.24) is 19.9 Å². The topological polar surface area (TPSA) is 110 Å². The van der Waals surface area contributed by atoms with Crippen LogP contribution in [0.1, 0.15) is 18.1 Å². The molecule has 0 saturated carbocycles. The van der Waals surface area contributed by atoms with E-state index in [0.717, 1.165) is 53.6 Å². The van der Waals surface area contributed by atoms with Crippen LogP contribution in [0.3, 0.4) is 0 Å². The zero-order valence-corrected chi connectivity index (χ0v) is 21.5. The predicted molar refractivity (Wildman–Crippen MR) is 144 cm³/mol. The Labute approximate surface area is 215 Å². The van der Waals surface area contributed by atoms with Crippen molar-refractivity contribution in [3.05, 3.63) is 59.9 Å². The van der Waals surface area contributed by atoms with E-state index in [1.807, 2.05) is 24.3 Å². The summed E-state index contributed by atoms with van der Waals surface area (Å²) in [7, 11) is 3.84. The van der Waals surface area contributed by atoms with E-state index >= 15 is 0 Å². The molecule has 4 rings (SSSR count). The van der Waals surface area contributed by atoms with Crippen LogP contribution in [-0.2, 0) is 4.79 Å². The quantitative estimate of drug-likeness (QED) is 0.446. The number of nitrogens with two attached hydrogens (primary N) is 1. The molecule has 188 valence electrons. The minimum Gasteiger partial charge on any atom is -0.495 e. The van der Waals surface area contributed by atoms with E-state index in [0.29, 0.717) is 5.16 Å². The summed E-state index contributed by atoms with van der Waals surface area (Å²) in [5.74, 6) is 0.598. The highest BCUT2D eigenvalue weighted by Crippen LogP contribution is 2.39. The first-order valence-corrected chi connectivity index (χ1v) is 12.6. The fourth-order valence-electron chi connectivity index (χ4n) is 3.78. The van der Waals surface area contributed by atoms with Crippen LogP contribution in [-0.4, -0.2) is 72.1 Å². The molecule has 1 saturated heterocycles. The lowest BCUT2D eigenvalue weighted by atomic mass is 10.1. The van der Waals surface area contributed by atoms with Crippen molar-refractivity contribution in [1.29, 1.82) is 0 Å². The first kappa shape index (κ1) is 25.6. The van der Waals surface area contributed by atoms with Crippen LogP contribution in [0.4, 0.5) is 11.6 Å². The normalized spacial score (nSPS) is 15.2. The zero-order valence-electron chi connectivity index (χ0n) is 20.7. The Hall–Kier alpha value is -3.47. The lowest BCUT2D eigenvalue weighted by Crippen LogP contribution is -2.44. The van der Waals surface area contributed by atoms with Gasteiger partial charge in [0.15, 0.2) is 5.16 Å². The molecular formula is C26H31N7O2S. The number of carbonyl (C=O) groups is 1. The highest BCUT2D eigenvalue weighted by atomic mass is 32.2. The lowest BCUT2D eigenvalue weighted by molar-refractivity contribution is -0.117. The van der Waals surface area contributed by atoms with Crippen molar-refractivity contribution >= 4 is 41.5 Å². The minimum absolute atomic E-state index is 0.167. The first-order chi connectivity index (χ1) is 17.4. The maximum Gasteiger partial charge on any atom is 0.243 e. The molecule has 0 spiro atoms. The number of aromatic nitrogens is 3. The maximum atomic E-state index is 11.9. The van der Waals surface area contributed by atoms with Gasteiger partial charge in [0.2, 0.25) is 11.9 Å². The highest BCUT2D eigenvalue weighted by molar-refractivity contribution is 7.99. The largest absolute Gasteiger partial charge is 0.495 e. The number of piperazine rings is 1. The molecule has 9 nitrogen and oxygen atoms in total. The Morgan fingerprint density at radius 2 is 1.89 bits per heavy atom. The van der Waals surface area contributed by atoms with Gasteiger partial charge in [0, 0.05) is 36.6 Å². The Kier molecular flexibility index (Phi) is 8.52. The van der Waals surface area contributed by atoms with Gasteiger partial charge in [-0.2, -0.15) is 4.98 Å². The van der Waals surface area contributed by atoms with Crippen LogP contribution in [0.25, 0.3) is 12.2 Å². The molecule has 2 heterocycles. The van der Waals surface area contributed by atoms with Crippen molar-refractivity contribution < 1.29 is 9.53 Å². The molecule has 3 aromatic rings. The Balaban J connectivity index is 1.68. The number of anilines is 2. The van der Waals surface area contributed by atoms with Gasteiger partial charge in [-0.3, -0.25) is 10.1 Å².